The van der Waals surface area contributed by atoms with Gasteiger partial charge >= 0.3 is 0 Å². The fraction of sp³-hybridized carbons (Fsp3) is 0.571. The highest BCUT2D eigenvalue weighted by molar-refractivity contribution is 5.33. The Labute approximate surface area is 89.4 Å². The van der Waals surface area contributed by atoms with Crippen molar-refractivity contribution in [2.24, 2.45) is 5.92 Å². The van der Waals surface area contributed by atoms with E-state index in [4.69, 9.17) is 0 Å². The minimum absolute atomic E-state index is 0.623. The van der Waals surface area contributed by atoms with E-state index >= 15 is 0 Å². The Morgan fingerprint density at radius 2 is 1.93 bits per heavy atom. The molecule has 0 atom stereocenters. The maximum atomic E-state index is 4.14. The van der Waals surface area contributed by atoms with E-state index in [9.17, 15) is 0 Å². The predicted molar refractivity (Wildman–Crippen MR) is 66.4 cm³/mol. The molecule has 0 amide bonds. The third-order valence-corrected chi connectivity index (χ3v) is 2.79. The summed E-state index contributed by atoms with van der Waals surface area (Å²) in [5, 5.41) is 0. The summed E-state index contributed by atoms with van der Waals surface area (Å²) in [5.74, 6) is 0.623. The van der Waals surface area contributed by atoms with Crippen LogP contribution in [0.1, 0.15) is 47.0 Å². The third kappa shape index (κ3) is 3.95. The molecule has 0 aliphatic rings. The minimum atomic E-state index is 0.623. The molecule has 0 aromatic heterocycles. The van der Waals surface area contributed by atoms with Gasteiger partial charge in [0.15, 0.2) is 0 Å². The summed E-state index contributed by atoms with van der Waals surface area (Å²) in [6, 6.07) is 0. The Bertz CT molecular complexity index is 228. The van der Waals surface area contributed by atoms with Crippen LogP contribution in [0.5, 0.6) is 0 Å². The van der Waals surface area contributed by atoms with E-state index in [0.29, 0.717) is 5.92 Å². The lowest BCUT2D eigenvalue weighted by atomic mass is 9.90. The fourth-order valence-electron chi connectivity index (χ4n) is 1.46. The van der Waals surface area contributed by atoms with E-state index in [2.05, 4.69) is 40.9 Å². The molecule has 0 unspecified atom stereocenters. The van der Waals surface area contributed by atoms with Crippen molar-refractivity contribution in [3.63, 3.8) is 0 Å². The average molecular weight is 192 g/mol. The van der Waals surface area contributed by atoms with Crippen LogP contribution in [0, 0.1) is 5.92 Å². The third-order valence-electron chi connectivity index (χ3n) is 2.79. The van der Waals surface area contributed by atoms with E-state index < -0.39 is 0 Å². The number of hydrogen-bond donors (Lipinski definition) is 0. The summed E-state index contributed by atoms with van der Waals surface area (Å²) >= 11 is 0. The van der Waals surface area contributed by atoms with Crippen LogP contribution in [0.15, 0.2) is 36.0 Å². The van der Waals surface area contributed by atoms with Gasteiger partial charge in [0.1, 0.15) is 0 Å². The largest absolute Gasteiger partial charge is 0.103 e. The van der Waals surface area contributed by atoms with Gasteiger partial charge in [-0.1, -0.05) is 44.6 Å². The van der Waals surface area contributed by atoms with Gasteiger partial charge in [-0.2, -0.15) is 0 Å². The molecule has 0 nitrogen and oxygen atoms in total. The first kappa shape index (κ1) is 13.2. The van der Waals surface area contributed by atoms with Crippen molar-refractivity contribution in [3.8, 4) is 0 Å². The van der Waals surface area contributed by atoms with Crippen molar-refractivity contribution in [1.29, 1.82) is 0 Å². The summed E-state index contributed by atoms with van der Waals surface area (Å²) in [4.78, 5) is 0. The quantitative estimate of drug-likeness (QED) is 0.415. The molecule has 0 saturated heterocycles. The summed E-state index contributed by atoms with van der Waals surface area (Å²) in [5.41, 5.74) is 4.24. The second-order valence-electron chi connectivity index (χ2n) is 4.10. The molecule has 80 valence electrons. The molecule has 14 heavy (non-hydrogen) atoms. The van der Waals surface area contributed by atoms with Crippen molar-refractivity contribution in [2.75, 3.05) is 0 Å². The maximum Gasteiger partial charge on any atom is -0.0242 e. The van der Waals surface area contributed by atoms with E-state index in [1.54, 1.807) is 0 Å². The van der Waals surface area contributed by atoms with Crippen LogP contribution >= 0.6 is 0 Å². The highest BCUT2D eigenvalue weighted by Crippen LogP contribution is 2.25. The van der Waals surface area contributed by atoms with Gasteiger partial charge in [0.2, 0.25) is 0 Å². The van der Waals surface area contributed by atoms with Crippen LogP contribution in [-0.4, -0.2) is 0 Å². The zero-order chi connectivity index (χ0) is 11.1. The summed E-state index contributed by atoms with van der Waals surface area (Å²) in [7, 11) is 0. The number of hydrogen-bond acceptors (Lipinski definition) is 0. The standard InChI is InChI=1S/C14H24/c1-7-9-10-14(12(5)8-2)13(6)11(3)4/h7,11H,1,5,8-10H2,2-4,6H3. The molecular weight excluding hydrogens is 168 g/mol. The lowest BCUT2D eigenvalue weighted by molar-refractivity contribution is 0.743. The van der Waals surface area contributed by atoms with Crippen molar-refractivity contribution in [2.45, 2.75) is 47.0 Å². The topological polar surface area (TPSA) is 0 Å². The first-order valence-electron chi connectivity index (χ1n) is 5.53. The van der Waals surface area contributed by atoms with E-state index in [0.717, 1.165) is 19.3 Å². The first-order valence-corrected chi connectivity index (χ1v) is 5.53. The Morgan fingerprint density at radius 1 is 1.36 bits per heavy atom. The molecular formula is C14H24. The predicted octanol–water partition coefficient (Wildman–Crippen LogP) is 4.89. The highest BCUT2D eigenvalue weighted by atomic mass is 14.1. The second-order valence-corrected chi connectivity index (χ2v) is 4.10. The normalized spacial score (nSPS) is 12.6. The van der Waals surface area contributed by atoms with Gasteiger partial charge in [-0.15, -0.1) is 6.58 Å². The fourth-order valence-corrected chi connectivity index (χ4v) is 1.46. The maximum absolute atomic E-state index is 4.14. The molecule has 0 heterocycles. The first-order chi connectivity index (χ1) is 6.54. The van der Waals surface area contributed by atoms with E-state index in [1.807, 2.05) is 6.08 Å². The lowest BCUT2D eigenvalue weighted by Gasteiger charge is -2.16. The Kier molecular flexibility index (Phi) is 6.27. The molecule has 0 aliphatic carbocycles. The van der Waals surface area contributed by atoms with Gasteiger partial charge in [0.05, 0.1) is 0 Å². The molecule has 0 aromatic carbocycles. The van der Waals surface area contributed by atoms with E-state index in [1.165, 1.54) is 16.7 Å². The van der Waals surface area contributed by atoms with Crippen molar-refractivity contribution >= 4 is 0 Å². The zero-order valence-corrected chi connectivity index (χ0v) is 10.2. The van der Waals surface area contributed by atoms with Crippen molar-refractivity contribution in [3.05, 3.63) is 36.0 Å². The average Bonchev–Trinajstić information content (AvgIpc) is 2.17. The number of allylic oxidation sites excluding steroid dienone is 4. The van der Waals surface area contributed by atoms with Crippen LogP contribution in [0.25, 0.3) is 0 Å². The molecule has 0 bridgehead atoms. The Hall–Kier alpha value is -0.780. The van der Waals surface area contributed by atoms with Crippen LogP contribution in [0.3, 0.4) is 0 Å². The molecule has 0 spiro atoms. The monoisotopic (exact) mass is 192 g/mol. The Morgan fingerprint density at radius 3 is 2.29 bits per heavy atom. The van der Waals surface area contributed by atoms with Gasteiger partial charge in [-0.25, -0.2) is 0 Å². The summed E-state index contributed by atoms with van der Waals surface area (Å²) < 4.78 is 0. The van der Waals surface area contributed by atoms with Gasteiger partial charge in [-0.3, -0.25) is 0 Å². The van der Waals surface area contributed by atoms with Gasteiger partial charge in [0, 0.05) is 0 Å². The molecule has 0 fully saturated rings. The molecule has 0 heteroatoms. The van der Waals surface area contributed by atoms with Crippen molar-refractivity contribution in [1.82, 2.24) is 0 Å². The second kappa shape index (κ2) is 6.64. The van der Waals surface area contributed by atoms with E-state index in [-0.39, 0.29) is 0 Å². The molecule has 0 saturated carbocycles. The molecule has 0 aliphatic heterocycles. The molecule has 0 aromatic rings. The zero-order valence-electron chi connectivity index (χ0n) is 10.2. The van der Waals surface area contributed by atoms with Crippen LogP contribution in [0.2, 0.25) is 0 Å². The van der Waals surface area contributed by atoms with Crippen molar-refractivity contribution < 1.29 is 0 Å². The number of rotatable bonds is 6. The van der Waals surface area contributed by atoms with Gasteiger partial charge < -0.3 is 0 Å². The Balaban J connectivity index is 4.78. The minimum Gasteiger partial charge on any atom is -0.103 e. The van der Waals surface area contributed by atoms with Crippen LogP contribution in [-0.2, 0) is 0 Å². The molecule has 0 N–H and O–H groups in total. The van der Waals surface area contributed by atoms with Gasteiger partial charge in [-0.05, 0) is 37.7 Å². The lowest BCUT2D eigenvalue weighted by Crippen LogP contribution is -1.98. The molecule has 0 radical (unpaired) electrons. The van der Waals surface area contributed by atoms with Crippen LogP contribution < -0.4 is 0 Å². The molecule has 0 rings (SSSR count). The van der Waals surface area contributed by atoms with Gasteiger partial charge in [0.25, 0.3) is 0 Å². The smallest absolute Gasteiger partial charge is 0.0242 e. The highest BCUT2D eigenvalue weighted by Gasteiger charge is 2.07. The summed E-state index contributed by atoms with van der Waals surface area (Å²) in [6.45, 7) is 16.8. The SMILES string of the molecule is C=CCCC(C(=C)CC)=C(C)C(C)C. The van der Waals surface area contributed by atoms with Crippen LogP contribution in [0.4, 0.5) is 0 Å². The summed E-state index contributed by atoms with van der Waals surface area (Å²) in [6.07, 6.45) is 5.19.